The van der Waals surface area contributed by atoms with Crippen molar-refractivity contribution in [2.45, 2.75) is 31.9 Å². The summed E-state index contributed by atoms with van der Waals surface area (Å²) in [5.74, 6) is -0.326. The fourth-order valence-corrected chi connectivity index (χ4v) is 5.37. The van der Waals surface area contributed by atoms with E-state index in [0.29, 0.717) is 67.0 Å². The molecule has 41 heavy (non-hydrogen) atoms. The van der Waals surface area contributed by atoms with Gasteiger partial charge in [0.15, 0.2) is 0 Å². The van der Waals surface area contributed by atoms with E-state index in [9.17, 15) is 22.8 Å². The molecule has 9 heteroatoms. The molecule has 0 aromatic heterocycles. The molecule has 0 spiro atoms. The molecule has 3 aromatic rings. The number of carbonyl (C=O) groups is 2. The number of anilines is 2. The van der Waals surface area contributed by atoms with E-state index >= 15 is 0 Å². The summed E-state index contributed by atoms with van der Waals surface area (Å²) in [4.78, 5) is 30.0. The van der Waals surface area contributed by atoms with Gasteiger partial charge in [-0.2, -0.15) is 18.4 Å². The van der Waals surface area contributed by atoms with Crippen molar-refractivity contribution in [1.82, 2.24) is 4.90 Å². The minimum atomic E-state index is -4.40. The Morgan fingerprint density at radius 3 is 2.20 bits per heavy atom. The highest BCUT2D eigenvalue weighted by atomic mass is 19.4. The van der Waals surface area contributed by atoms with Gasteiger partial charge >= 0.3 is 6.18 Å². The van der Waals surface area contributed by atoms with E-state index in [1.807, 2.05) is 24.3 Å². The van der Waals surface area contributed by atoms with E-state index in [2.05, 4.69) is 16.3 Å². The average Bonchev–Trinajstić information content (AvgIpc) is 3.01. The summed E-state index contributed by atoms with van der Waals surface area (Å²) in [6, 6.07) is 21.3. The molecule has 0 radical (unpaired) electrons. The molecule has 0 bridgehead atoms. The highest BCUT2D eigenvalue weighted by Crippen LogP contribution is 2.35. The molecule has 2 aliphatic rings. The molecule has 5 rings (SSSR count). The maximum absolute atomic E-state index is 13.2. The molecule has 1 aliphatic heterocycles. The number of benzene rings is 3. The van der Waals surface area contributed by atoms with Crippen molar-refractivity contribution in [2.75, 3.05) is 36.4 Å². The normalized spacial score (nSPS) is 15.9. The summed E-state index contributed by atoms with van der Waals surface area (Å²) < 4.78 is 39.0. The Morgan fingerprint density at radius 1 is 0.854 bits per heavy atom. The van der Waals surface area contributed by atoms with Crippen molar-refractivity contribution in [3.8, 4) is 6.07 Å². The van der Waals surface area contributed by atoms with Crippen LogP contribution < -0.4 is 10.2 Å². The minimum absolute atomic E-state index is 0.0903. The molecule has 1 aliphatic carbocycles. The van der Waals surface area contributed by atoms with Gasteiger partial charge in [0.2, 0.25) is 0 Å². The Morgan fingerprint density at radius 2 is 1.54 bits per heavy atom. The molecular formula is C32H29F3N4O2. The van der Waals surface area contributed by atoms with Crippen LogP contribution in [0.25, 0.3) is 5.57 Å². The number of hydrogen-bond donors (Lipinski definition) is 1. The van der Waals surface area contributed by atoms with Gasteiger partial charge in [0.25, 0.3) is 11.8 Å². The van der Waals surface area contributed by atoms with E-state index < -0.39 is 11.7 Å². The first-order valence-corrected chi connectivity index (χ1v) is 13.6. The van der Waals surface area contributed by atoms with Gasteiger partial charge in [-0.05, 0) is 91.4 Å². The number of carbonyl (C=O) groups excluding carboxylic acids is 2. The number of nitrogens with zero attached hydrogens (tertiary/aromatic N) is 3. The number of nitrogens with one attached hydrogen (secondary N) is 1. The number of halogens is 3. The standard InChI is InChI=1S/C32H29F3N4O2/c33-32(34,35)25-10-8-23(9-11-25)28-6-1-2-7-29(28)30(40)37-26-12-14-27(15-13-26)38-16-18-39(19-17-38)31(41)24-5-3-4-22(20-24)21-36/h3-5,8-15,20H,1-2,6-7,16-19H2,(H,37,40). The monoisotopic (exact) mass is 558 g/mol. The maximum Gasteiger partial charge on any atom is 0.416 e. The van der Waals surface area contributed by atoms with Gasteiger partial charge in [-0.3, -0.25) is 9.59 Å². The molecular weight excluding hydrogens is 529 g/mol. The molecule has 6 nitrogen and oxygen atoms in total. The number of nitriles is 1. The van der Waals surface area contributed by atoms with Crippen LogP contribution in [0.15, 0.2) is 78.4 Å². The molecule has 210 valence electrons. The summed E-state index contributed by atoms with van der Waals surface area (Å²) in [6.07, 6.45) is -1.45. The zero-order chi connectivity index (χ0) is 29.0. The van der Waals surface area contributed by atoms with Crippen LogP contribution >= 0.6 is 0 Å². The lowest BCUT2D eigenvalue weighted by Gasteiger charge is -2.36. The number of alkyl halides is 3. The Hall–Kier alpha value is -4.58. The lowest BCUT2D eigenvalue weighted by molar-refractivity contribution is -0.137. The van der Waals surface area contributed by atoms with E-state index in [1.54, 1.807) is 29.2 Å². The van der Waals surface area contributed by atoms with Gasteiger partial charge < -0.3 is 15.1 Å². The average molecular weight is 559 g/mol. The largest absolute Gasteiger partial charge is 0.416 e. The molecule has 3 aromatic carbocycles. The highest BCUT2D eigenvalue weighted by Gasteiger charge is 2.30. The van der Waals surface area contributed by atoms with Gasteiger partial charge in [0.05, 0.1) is 17.2 Å². The van der Waals surface area contributed by atoms with E-state index in [1.165, 1.54) is 12.1 Å². The van der Waals surface area contributed by atoms with Crippen LogP contribution in [0, 0.1) is 11.3 Å². The summed E-state index contributed by atoms with van der Waals surface area (Å²) in [5, 5.41) is 12.1. The lowest BCUT2D eigenvalue weighted by Crippen LogP contribution is -2.48. The molecule has 0 atom stereocenters. The van der Waals surface area contributed by atoms with Crippen molar-refractivity contribution >= 4 is 28.8 Å². The topological polar surface area (TPSA) is 76.4 Å². The van der Waals surface area contributed by atoms with E-state index in [0.717, 1.165) is 36.2 Å². The fraction of sp³-hybridized carbons (Fsp3) is 0.281. The van der Waals surface area contributed by atoms with Crippen molar-refractivity contribution in [3.63, 3.8) is 0 Å². The number of amides is 2. The van der Waals surface area contributed by atoms with Gasteiger partial charge in [0.1, 0.15) is 0 Å². The van der Waals surface area contributed by atoms with Crippen LogP contribution in [-0.2, 0) is 11.0 Å². The van der Waals surface area contributed by atoms with Crippen LogP contribution in [0.4, 0.5) is 24.5 Å². The third-order valence-electron chi connectivity index (χ3n) is 7.60. The van der Waals surface area contributed by atoms with Crippen LogP contribution in [0.5, 0.6) is 0 Å². The first-order chi connectivity index (χ1) is 19.7. The summed E-state index contributed by atoms with van der Waals surface area (Å²) in [6.45, 7) is 2.40. The third kappa shape index (κ3) is 6.43. The highest BCUT2D eigenvalue weighted by molar-refractivity contribution is 6.09. The van der Waals surface area contributed by atoms with Crippen LogP contribution in [0.1, 0.15) is 52.7 Å². The predicted octanol–water partition coefficient (Wildman–Crippen LogP) is 6.51. The fourth-order valence-electron chi connectivity index (χ4n) is 5.37. The quantitative estimate of drug-likeness (QED) is 0.388. The molecule has 1 heterocycles. The van der Waals surface area contributed by atoms with Gasteiger partial charge in [-0.15, -0.1) is 0 Å². The number of piperazine rings is 1. The zero-order valence-corrected chi connectivity index (χ0v) is 22.4. The minimum Gasteiger partial charge on any atom is -0.368 e. The van der Waals surface area contributed by atoms with Crippen molar-refractivity contribution in [1.29, 1.82) is 5.26 Å². The number of hydrogen-bond acceptors (Lipinski definition) is 4. The second-order valence-electron chi connectivity index (χ2n) is 10.2. The van der Waals surface area contributed by atoms with Crippen LogP contribution in [0.2, 0.25) is 0 Å². The molecule has 1 saturated heterocycles. The van der Waals surface area contributed by atoms with E-state index in [4.69, 9.17) is 5.26 Å². The predicted molar refractivity (Wildman–Crippen MR) is 151 cm³/mol. The first kappa shape index (κ1) is 28.0. The smallest absolute Gasteiger partial charge is 0.368 e. The van der Waals surface area contributed by atoms with Crippen LogP contribution in [0.3, 0.4) is 0 Å². The van der Waals surface area contributed by atoms with Gasteiger partial charge in [-0.25, -0.2) is 0 Å². The maximum atomic E-state index is 13.2. The van der Waals surface area contributed by atoms with Crippen LogP contribution in [-0.4, -0.2) is 42.9 Å². The first-order valence-electron chi connectivity index (χ1n) is 13.6. The Kier molecular flexibility index (Phi) is 8.11. The van der Waals surface area contributed by atoms with Crippen molar-refractivity contribution < 1.29 is 22.8 Å². The summed E-state index contributed by atoms with van der Waals surface area (Å²) in [7, 11) is 0. The van der Waals surface area contributed by atoms with Gasteiger partial charge in [0, 0.05) is 48.7 Å². The molecule has 1 fully saturated rings. The second kappa shape index (κ2) is 11.9. The summed E-state index contributed by atoms with van der Waals surface area (Å²) >= 11 is 0. The molecule has 0 saturated carbocycles. The van der Waals surface area contributed by atoms with Crippen molar-refractivity contribution in [2.24, 2.45) is 0 Å². The third-order valence-corrected chi connectivity index (χ3v) is 7.60. The Balaban J connectivity index is 1.21. The lowest BCUT2D eigenvalue weighted by atomic mass is 9.86. The molecule has 1 N–H and O–H groups in total. The number of allylic oxidation sites excluding steroid dienone is 1. The Bertz CT molecular complexity index is 1500. The molecule has 2 amide bonds. The van der Waals surface area contributed by atoms with Crippen molar-refractivity contribution in [3.05, 3.63) is 101 Å². The Labute approximate surface area is 236 Å². The SMILES string of the molecule is N#Cc1cccc(C(=O)N2CCN(c3ccc(NC(=O)C4=C(c5ccc(C(F)(F)F)cc5)CCCC4)cc3)CC2)c1. The zero-order valence-electron chi connectivity index (χ0n) is 22.4. The van der Waals surface area contributed by atoms with Gasteiger partial charge in [-0.1, -0.05) is 18.2 Å². The second-order valence-corrected chi connectivity index (χ2v) is 10.2. The van der Waals surface area contributed by atoms with E-state index in [-0.39, 0.29) is 11.8 Å². The molecule has 0 unspecified atom stereocenters. The summed E-state index contributed by atoms with van der Waals surface area (Å²) in [5.41, 5.74) is 3.92. The number of rotatable bonds is 5.